The number of rotatable bonds is 8. The van der Waals surface area contributed by atoms with Crippen LogP contribution >= 0.6 is 0 Å². The summed E-state index contributed by atoms with van der Waals surface area (Å²) < 4.78 is 16.5. The normalized spacial score (nSPS) is 10.9. The van der Waals surface area contributed by atoms with Gasteiger partial charge in [-0.25, -0.2) is 9.59 Å². The van der Waals surface area contributed by atoms with E-state index in [1.54, 1.807) is 13.8 Å². The molecule has 0 rings (SSSR count). The van der Waals surface area contributed by atoms with Gasteiger partial charge in [0.05, 0.1) is 0 Å². The van der Waals surface area contributed by atoms with Gasteiger partial charge in [0.2, 0.25) is 16.6 Å². The number of carbonyl (C=O) groups is 2. The van der Waals surface area contributed by atoms with E-state index in [9.17, 15) is 9.59 Å². The van der Waals surface area contributed by atoms with Crippen LogP contribution in [0.5, 0.6) is 0 Å². The molecule has 0 heterocycles. The second kappa shape index (κ2) is 10.4. The van der Waals surface area contributed by atoms with E-state index in [2.05, 4.69) is 26.3 Å². The van der Waals surface area contributed by atoms with Gasteiger partial charge in [0, 0.05) is 11.1 Å². The molecular weight excluding hydrogens is 328 g/mol. The monoisotopic (exact) mass is 358 g/mol. The second-order valence-corrected chi connectivity index (χ2v) is 14.8. The minimum atomic E-state index is -2.18. The van der Waals surface area contributed by atoms with Crippen molar-refractivity contribution >= 4 is 28.6 Å². The second-order valence-electron chi connectivity index (χ2n) is 6.33. The molecule has 0 aromatic heterocycles. The third-order valence-corrected chi connectivity index (χ3v) is 8.45. The zero-order valence-corrected chi connectivity index (χ0v) is 17.3. The van der Waals surface area contributed by atoms with Crippen molar-refractivity contribution in [3.05, 3.63) is 37.5 Å². The molecule has 0 bridgehead atoms. The van der Waals surface area contributed by atoms with Crippen LogP contribution in [-0.4, -0.2) is 41.0 Å². The fourth-order valence-corrected chi connectivity index (χ4v) is 8.94. The van der Waals surface area contributed by atoms with E-state index in [0.717, 1.165) is 0 Å². The zero-order chi connectivity index (χ0) is 18.8. The Hall–Kier alpha value is -1.45. The summed E-state index contributed by atoms with van der Waals surface area (Å²) in [7, 11) is -4.37. The Morgan fingerprint density at radius 2 is 1.04 bits per heavy atom. The summed E-state index contributed by atoms with van der Waals surface area (Å²) in [5, 5.41) is 0. The lowest BCUT2D eigenvalue weighted by Crippen LogP contribution is -2.51. The first-order valence-corrected chi connectivity index (χ1v) is 13.4. The molecule has 0 aromatic rings. The molecule has 0 fully saturated rings. The molecular formula is C16H30O5Si2. The number of hydrogen-bond donors (Lipinski definition) is 0. The lowest BCUT2D eigenvalue weighted by atomic mass is 10.4. The fraction of sp³-hybridized carbons (Fsp3) is 0.500. The molecule has 0 N–H and O–H groups in total. The Morgan fingerprint density at radius 1 is 0.783 bits per heavy atom. The van der Waals surface area contributed by atoms with E-state index in [1.807, 2.05) is 26.2 Å². The summed E-state index contributed by atoms with van der Waals surface area (Å²) >= 11 is 0. The van der Waals surface area contributed by atoms with Gasteiger partial charge in [-0.1, -0.05) is 13.2 Å². The topological polar surface area (TPSA) is 61.8 Å². The molecule has 0 aromatic carbocycles. The fourth-order valence-electron chi connectivity index (χ4n) is 1.53. The molecule has 0 amide bonds. The van der Waals surface area contributed by atoms with Gasteiger partial charge in [-0.2, -0.15) is 0 Å². The van der Waals surface area contributed by atoms with E-state index in [0.29, 0.717) is 11.1 Å². The average Bonchev–Trinajstić information content (AvgIpc) is 2.43. The Bertz CT molecular complexity index is 415. The number of carbonyl (C=O) groups excluding carboxylic acids is 2. The molecule has 0 saturated carbocycles. The molecule has 0 radical (unpaired) electrons. The zero-order valence-electron chi connectivity index (χ0n) is 15.3. The van der Waals surface area contributed by atoms with Crippen LogP contribution in [0.3, 0.4) is 0 Å². The van der Waals surface area contributed by atoms with Gasteiger partial charge in [0.25, 0.3) is 0 Å². The summed E-state index contributed by atoms with van der Waals surface area (Å²) in [6, 6.07) is 0. The van der Waals surface area contributed by atoms with Crippen LogP contribution in [0.15, 0.2) is 37.5 Å². The molecule has 0 aliphatic carbocycles. The molecule has 7 heteroatoms. The van der Waals surface area contributed by atoms with Crippen molar-refractivity contribution in [3.63, 3.8) is 0 Å². The van der Waals surface area contributed by atoms with Crippen LogP contribution in [0.1, 0.15) is 13.8 Å². The molecule has 5 nitrogen and oxygen atoms in total. The predicted molar refractivity (Wildman–Crippen MR) is 98.8 cm³/mol. The van der Waals surface area contributed by atoms with E-state index in [1.165, 1.54) is 0 Å². The van der Waals surface area contributed by atoms with Gasteiger partial charge in [0.1, 0.15) is 12.5 Å². The van der Waals surface area contributed by atoms with Crippen LogP contribution in [0.4, 0.5) is 0 Å². The first kappa shape index (κ1) is 23.8. The Morgan fingerprint density at radius 3 is 1.26 bits per heavy atom. The summed E-state index contributed by atoms with van der Waals surface area (Å²) in [4.78, 5) is 22.8. The number of ether oxygens (including phenoxy) is 2. The maximum absolute atomic E-state index is 11.4. The highest BCUT2D eigenvalue weighted by molar-refractivity contribution is 6.84. The maximum atomic E-state index is 11.4. The number of hydrogen-bond acceptors (Lipinski definition) is 5. The van der Waals surface area contributed by atoms with Crippen LogP contribution in [0, 0.1) is 0 Å². The highest BCUT2D eigenvalue weighted by atomic mass is 28.4. The van der Waals surface area contributed by atoms with E-state index < -0.39 is 28.6 Å². The quantitative estimate of drug-likeness (QED) is 0.287. The Balaban J connectivity index is 0. The van der Waals surface area contributed by atoms with E-state index in [4.69, 9.17) is 13.6 Å². The van der Waals surface area contributed by atoms with Crippen LogP contribution in [0.2, 0.25) is 26.2 Å². The molecule has 0 saturated heterocycles. The summed E-state index contributed by atoms with van der Waals surface area (Å²) in [6.07, 6.45) is 0.507. The van der Waals surface area contributed by atoms with Crippen molar-refractivity contribution < 1.29 is 23.2 Å². The first-order valence-electron chi connectivity index (χ1n) is 7.22. The summed E-state index contributed by atoms with van der Waals surface area (Å²) in [5.41, 5.74) is 0.735. The van der Waals surface area contributed by atoms with Crippen molar-refractivity contribution in [2.24, 2.45) is 0 Å². The van der Waals surface area contributed by atoms with Crippen molar-refractivity contribution in [2.75, 3.05) is 12.5 Å². The Kier molecular flexibility index (Phi) is 10.7. The van der Waals surface area contributed by atoms with Gasteiger partial charge in [0.15, 0.2) is 0 Å². The molecule has 0 aliphatic heterocycles. The Labute approximate surface area is 142 Å². The van der Waals surface area contributed by atoms with Crippen molar-refractivity contribution in [1.29, 1.82) is 0 Å². The van der Waals surface area contributed by atoms with E-state index >= 15 is 0 Å². The van der Waals surface area contributed by atoms with Gasteiger partial charge in [-0.15, -0.1) is 13.2 Å². The van der Waals surface area contributed by atoms with Crippen LogP contribution in [-0.2, 0) is 23.2 Å². The van der Waals surface area contributed by atoms with Crippen molar-refractivity contribution in [2.45, 2.75) is 40.0 Å². The minimum Gasteiger partial charge on any atom is -0.463 e. The lowest BCUT2D eigenvalue weighted by Gasteiger charge is -2.33. The third kappa shape index (κ3) is 11.7. The molecule has 0 unspecified atom stereocenters. The molecule has 0 aliphatic rings. The number of esters is 2. The molecule has 132 valence electrons. The van der Waals surface area contributed by atoms with Crippen LogP contribution < -0.4 is 0 Å². The minimum absolute atomic E-state index is 0.254. The van der Waals surface area contributed by atoms with Gasteiger partial charge >= 0.3 is 11.9 Å². The largest absolute Gasteiger partial charge is 0.463 e. The molecule has 0 atom stereocenters. The van der Waals surface area contributed by atoms with Crippen LogP contribution in [0.25, 0.3) is 0 Å². The third-order valence-electron chi connectivity index (χ3n) is 2.35. The van der Waals surface area contributed by atoms with Crippen molar-refractivity contribution in [1.82, 2.24) is 0 Å². The maximum Gasteiger partial charge on any atom is 0.332 e. The predicted octanol–water partition coefficient (Wildman–Crippen LogP) is 3.53. The molecule has 0 spiro atoms. The lowest BCUT2D eigenvalue weighted by molar-refractivity contribution is -0.137. The smallest absolute Gasteiger partial charge is 0.332 e. The van der Waals surface area contributed by atoms with E-state index in [-0.39, 0.29) is 12.5 Å². The van der Waals surface area contributed by atoms with Crippen molar-refractivity contribution in [3.8, 4) is 0 Å². The standard InChI is InChI=1S/C14H26O5Si2.C2H4/c1-11(2)13(15)17-9-20(5,6)19-21(7,8)10-18-14(16)12(3)4;1-2/h1,3,9-10H2,2,4-8H3;1-2H2. The highest BCUT2D eigenvalue weighted by Crippen LogP contribution is 2.16. The van der Waals surface area contributed by atoms with Gasteiger partial charge < -0.3 is 13.6 Å². The first-order chi connectivity index (χ1) is 10.4. The summed E-state index contributed by atoms with van der Waals surface area (Å²) in [6.45, 7) is 24.2. The molecule has 23 heavy (non-hydrogen) atoms. The highest BCUT2D eigenvalue weighted by Gasteiger charge is 2.35. The van der Waals surface area contributed by atoms with Gasteiger partial charge in [-0.3, -0.25) is 0 Å². The summed E-state index contributed by atoms with van der Waals surface area (Å²) in [5.74, 6) is -0.820. The SMILES string of the molecule is C=C.C=C(C)C(=O)OC[Si](C)(C)O[Si](C)(C)COC(=O)C(=C)C. The average molecular weight is 359 g/mol. The van der Waals surface area contributed by atoms with Gasteiger partial charge in [-0.05, 0) is 40.0 Å².